The third-order valence-corrected chi connectivity index (χ3v) is 5.59. The zero-order chi connectivity index (χ0) is 16.6. The molecular weight excluding hydrogens is 337 g/mol. The van der Waals surface area contributed by atoms with Gasteiger partial charge in [-0.3, -0.25) is 0 Å². The van der Waals surface area contributed by atoms with Gasteiger partial charge in [0.15, 0.2) is 0 Å². The molecule has 2 N–H and O–H groups in total. The van der Waals surface area contributed by atoms with Crippen molar-refractivity contribution < 1.29 is 18.3 Å². The summed E-state index contributed by atoms with van der Waals surface area (Å²) in [6, 6.07) is 2.02. The van der Waals surface area contributed by atoms with E-state index in [1.807, 2.05) is 20.8 Å². The fourth-order valence-corrected chi connectivity index (χ4v) is 3.78. The number of nitrogens with one attached hydrogen (secondary N) is 1. The number of rotatable bonds is 4. The summed E-state index contributed by atoms with van der Waals surface area (Å²) < 4.78 is 27.2. The molecule has 0 aliphatic heterocycles. The van der Waals surface area contributed by atoms with E-state index in [9.17, 15) is 13.2 Å². The van der Waals surface area contributed by atoms with Gasteiger partial charge in [0, 0.05) is 6.04 Å². The van der Waals surface area contributed by atoms with Crippen molar-refractivity contribution in [2.24, 2.45) is 5.41 Å². The van der Waals surface area contributed by atoms with Crippen LogP contribution in [0.3, 0.4) is 0 Å². The van der Waals surface area contributed by atoms with E-state index in [1.54, 1.807) is 6.92 Å². The van der Waals surface area contributed by atoms with Crippen LogP contribution in [0.25, 0.3) is 0 Å². The fourth-order valence-electron chi connectivity index (χ4n) is 1.41. The number of benzene rings is 1. The highest BCUT2D eigenvalue weighted by molar-refractivity contribution is 7.89. The highest BCUT2D eigenvalue weighted by Crippen LogP contribution is 2.31. The molecule has 5 nitrogen and oxygen atoms in total. The first-order valence-corrected chi connectivity index (χ1v) is 8.35. The van der Waals surface area contributed by atoms with Crippen LogP contribution in [0.1, 0.15) is 38.1 Å². The lowest BCUT2D eigenvalue weighted by Crippen LogP contribution is -2.41. The molecule has 0 saturated carbocycles. The Morgan fingerprint density at radius 3 is 2.24 bits per heavy atom. The quantitative estimate of drug-likeness (QED) is 0.868. The van der Waals surface area contributed by atoms with E-state index in [0.29, 0.717) is 0 Å². The van der Waals surface area contributed by atoms with Gasteiger partial charge in [-0.25, -0.2) is 17.9 Å². The third-order valence-electron chi connectivity index (χ3n) is 3.19. The molecule has 0 fully saturated rings. The first-order chi connectivity index (χ1) is 9.38. The van der Waals surface area contributed by atoms with Gasteiger partial charge in [0.2, 0.25) is 10.0 Å². The lowest BCUT2D eigenvalue weighted by Gasteiger charge is -2.28. The molecule has 21 heavy (non-hydrogen) atoms. The van der Waals surface area contributed by atoms with Crippen LogP contribution >= 0.6 is 23.2 Å². The van der Waals surface area contributed by atoms with E-state index in [4.69, 9.17) is 28.3 Å². The third kappa shape index (κ3) is 4.10. The van der Waals surface area contributed by atoms with Crippen molar-refractivity contribution >= 4 is 39.2 Å². The zero-order valence-corrected chi connectivity index (χ0v) is 14.4. The predicted molar refractivity (Wildman–Crippen MR) is 82.7 cm³/mol. The van der Waals surface area contributed by atoms with Crippen LogP contribution in [0.5, 0.6) is 0 Å². The average Bonchev–Trinajstić information content (AvgIpc) is 2.25. The Bertz CT molecular complexity index is 665. The van der Waals surface area contributed by atoms with Crippen molar-refractivity contribution in [3.8, 4) is 0 Å². The summed E-state index contributed by atoms with van der Waals surface area (Å²) in [4.78, 5) is 10.8. The Morgan fingerprint density at radius 1 is 1.29 bits per heavy atom. The van der Waals surface area contributed by atoms with Gasteiger partial charge in [0.1, 0.15) is 4.90 Å². The number of aromatic carboxylic acids is 1. The first kappa shape index (κ1) is 18.2. The summed E-state index contributed by atoms with van der Waals surface area (Å²) in [6.45, 7) is 7.37. The first-order valence-electron chi connectivity index (χ1n) is 6.11. The SMILES string of the molecule is CC(NS(=O)(=O)c1ccc(Cl)c(C(=O)O)c1Cl)C(C)(C)C. The number of hydrogen-bond donors (Lipinski definition) is 2. The normalized spacial score (nSPS) is 14.0. The van der Waals surface area contributed by atoms with Crippen LogP contribution in [0.15, 0.2) is 17.0 Å². The van der Waals surface area contributed by atoms with E-state index in [2.05, 4.69) is 4.72 Å². The molecule has 1 atom stereocenters. The molecule has 1 unspecified atom stereocenters. The molecule has 0 radical (unpaired) electrons. The van der Waals surface area contributed by atoms with Crippen LogP contribution < -0.4 is 4.72 Å². The summed E-state index contributed by atoms with van der Waals surface area (Å²) in [5.41, 5.74) is -0.730. The Balaban J connectivity index is 3.34. The predicted octanol–water partition coefficient (Wildman–Crippen LogP) is 3.40. The summed E-state index contributed by atoms with van der Waals surface area (Å²) in [5, 5.41) is 8.55. The van der Waals surface area contributed by atoms with Gasteiger partial charge in [0.25, 0.3) is 0 Å². The molecule has 8 heteroatoms. The minimum absolute atomic E-state index is 0.115. The molecule has 0 bridgehead atoms. The standard InChI is InChI=1S/C13H17Cl2NO4S/c1-7(13(2,3)4)16-21(19,20)9-6-5-8(14)10(11(9)15)12(17)18/h5-7,16H,1-4H3,(H,17,18). The van der Waals surface area contributed by atoms with Gasteiger partial charge in [-0.1, -0.05) is 44.0 Å². The molecule has 0 aliphatic rings. The highest BCUT2D eigenvalue weighted by atomic mass is 35.5. The van der Waals surface area contributed by atoms with E-state index in [1.165, 1.54) is 12.1 Å². The van der Waals surface area contributed by atoms with E-state index in [-0.39, 0.29) is 21.4 Å². The van der Waals surface area contributed by atoms with Gasteiger partial charge in [-0.15, -0.1) is 0 Å². The van der Waals surface area contributed by atoms with Gasteiger partial charge >= 0.3 is 5.97 Å². The highest BCUT2D eigenvalue weighted by Gasteiger charge is 2.29. The second-order valence-electron chi connectivity index (χ2n) is 5.75. The molecule has 1 aromatic carbocycles. The van der Waals surface area contributed by atoms with Crippen molar-refractivity contribution in [2.75, 3.05) is 0 Å². The topological polar surface area (TPSA) is 83.5 Å². The lowest BCUT2D eigenvalue weighted by atomic mass is 9.89. The van der Waals surface area contributed by atoms with Crippen LogP contribution in [0.2, 0.25) is 10.0 Å². The number of carboxylic acids is 1. The summed E-state index contributed by atoms with van der Waals surface area (Å²) in [7, 11) is -3.95. The molecule has 1 rings (SSSR count). The number of sulfonamides is 1. The summed E-state index contributed by atoms with van der Waals surface area (Å²) in [5.74, 6) is -1.38. The minimum Gasteiger partial charge on any atom is -0.478 e. The maximum Gasteiger partial charge on any atom is 0.338 e. The molecule has 0 aromatic heterocycles. The van der Waals surface area contributed by atoms with Crippen LogP contribution in [-0.4, -0.2) is 25.5 Å². The van der Waals surface area contributed by atoms with Gasteiger partial charge < -0.3 is 5.11 Å². The summed E-state index contributed by atoms with van der Waals surface area (Å²) >= 11 is 11.7. The van der Waals surface area contributed by atoms with Crippen molar-refractivity contribution in [2.45, 2.75) is 38.6 Å². The Hall–Kier alpha value is -0.820. The second-order valence-corrected chi connectivity index (χ2v) is 8.22. The van der Waals surface area contributed by atoms with Crippen molar-refractivity contribution in [1.82, 2.24) is 4.72 Å². The maximum absolute atomic E-state index is 12.4. The van der Waals surface area contributed by atoms with E-state index < -0.39 is 26.6 Å². The molecule has 1 aromatic rings. The molecule has 118 valence electrons. The molecule has 0 saturated heterocycles. The molecular formula is C13H17Cl2NO4S. The molecule has 0 aliphatic carbocycles. The average molecular weight is 354 g/mol. The van der Waals surface area contributed by atoms with E-state index in [0.717, 1.165) is 0 Å². The maximum atomic E-state index is 12.4. The van der Waals surface area contributed by atoms with Crippen molar-refractivity contribution in [3.05, 3.63) is 27.7 Å². The smallest absolute Gasteiger partial charge is 0.338 e. The lowest BCUT2D eigenvalue weighted by molar-refractivity contribution is 0.0697. The Morgan fingerprint density at radius 2 is 1.81 bits per heavy atom. The Labute approximate surface area is 134 Å². The van der Waals surface area contributed by atoms with E-state index >= 15 is 0 Å². The number of carbonyl (C=O) groups is 1. The second kappa shape index (κ2) is 6.12. The molecule has 0 heterocycles. The van der Waals surface area contributed by atoms with Crippen molar-refractivity contribution in [3.63, 3.8) is 0 Å². The number of carboxylic acid groups (broad SMARTS) is 1. The van der Waals surface area contributed by atoms with Crippen molar-refractivity contribution in [1.29, 1.82) is 0 Å². The van der Waals surface area contributed by atoms with Gasteiger partial charge in [-0.2, -0.15) is 0 Å². The fraction of sp³-hybridized carbons (Fsp3) is 0.462. The monoisotopic (exact) mass is 353 g/mol. The molecule has 0 spiro atoms. The van der Waals surface area contributed by atoms with Gasteiger partial charge in [0.05, 0.1) is 15.6 Å². The van der Waals surface area contributed by atoms with Crippen LogP contribution in [-0.2, 0) is 10.0 Å². The number of halogens is 2. The minimum atomic E-state index is -3.95. The number of hydrogen-bond acceptors (Lipinski definition) is 3. The van der Waals surface area contributed by atoms with Gasteiger partial charge in [-0.05, 0) is 24.5 Å². The summed E-state index contributed by atoms with van der Waals surface area (Å²) in [6.07, 6.45) is 0. The zero-order valence-electron chi connectivity index (χ0n) is 12.1. The van der Waals surface area contributed by atoms with Crippen LogP contribution in [0.4, 0.5) is 0 Å². The largest absolute Gasteiger partial charge is 0.478 e. The molecule has 0 amide bonds. The van der Waals surface area contributed by atoms with Crippen LogP contribution in [0, 0.1) is 5.41 Å². The Kier molecular flexibility index (Phi) is 5.31.